The first kappa shape index (κ1) is 16.5. The Kier molecular flexibility index (Phi) is 4.31. The van der Waals surface area contributed by atoms with E-state index in [-0.39, 0.29) is 5.56 Å². The zero-order valence-corrected chi connectivity index (χ0v) is 13.6. The van der Waals surface area contributed by atoms with Crippen molar-refractivity contribution in [3.05, 3.63) is 59.1 Å². The highest BCUT2D eigenvalue weighted by atomic mass is 35.5. The van der Waals surface area contributed by atoms with Crippen LogP contribution in [0.15, 0.2) is 48.5 Å². The van der Waals surface area contributed by atoms with Gasteiger partial charge in [-0.1, -0.05) is 48.0 Å². The minimum Gasteiger partial charge on any atom is -0.480 e. The third kappa shape index (κ3) is 2.87. The van der Waals surface area contributed by atoms with Gasteiger partial charge in [-0.05, 0) is 35.7 Å². The summed E-state index contributed by atoms with van der Waals surface area (Å²) in [5.74, 6) is -1.39. The molecule has 0 aliphatic carbocycles. The average Bonchev–Trinajstić information content (AvgIpc) is 2.46. The van der Waals surface area contributed by atoms with E-state index in [2.05, 4.69) is 0 Å². The van der Waals surface area contributed by atoms with Gasteiger partial charge in [-0.3, -0.25) is 4.79 Å². The predicted molar refractivity (Wildman–Crippen MR) is 86.7 cm³/mol. The molecule has 1 atom stereocenters. The third-order valence-electron chi connectivity index (χ3n) is 3.76. The molecule has 2 aromatic rings. The standard InChI is InChI=1S/C16H15ClO4S/c1-16(15(18)19,22(2,20)21)13-7-3-11(4-8-13)12-5-9-14(17)10-6-12/h3-10H,1-2H3,(H,18,19). The first-order valence-corrected chi connectivity index (χ1v) is 8.72. The van der Waals surface area contributed by atoms with Crippen molar-refractivity contribution in [3.8, 4) is 11.1 Å². The van der Waals surface area contributed by atoms with Crippen LogP contribution in [0.4, 0.5) is 0 Å². The van der Waals surface area contributed by atoms with E-state index in [1.807, 2.05) is 12.1 Å². The molecule has 0 saturated heterocycles. The molecule has 0 fully saturated rings. The minimum absolute atomic E-state index is 0.222. The number of aliphatic carboxylic acids is 1. The van der Waals surface area contributed by atoms with Crippen LogP contribution >= 0.6 is 11.6 Å². The molecule has 0 aliphatic rings. The van der Waals surface area contributed by atoms with Crippen molar-refractivity contribution in [2.75, 3.05) is 6.26 Å². The number of benzene rings is 2. The zero-order chi connectivity index (χ0) is 16.5. The number of halogens is 1. The Labute approximate surface area is 134 Å². The molecule has 0 heterocycles. The van der Waals surface area contributed by atoms with Gasteiger partial charge < -0.3 is 5.11 Å². The molecule has 0 spiro atoms. The number of hydrogen-bond donors (Lipinski definition) is 1. The normalized spacial score (nSPS) is 14.3. The van der Waals surface area contributed by atoms with Gasteiger partial charge >= 0.3 is 5.97 Å². The second-order valence-corrected chi connectivity index (χ2v) is 7.99. The Balaban J connectivity index is 2.48. The van der Waals surface area contributed by atoms with Crippen LogP contribution in [0.25, 0.3) is 11.1 Å². The van der Waals surface area contributed by atoms with Crippen molar-refractivity contribution < 1.29 is 18.3 Å². The summed E-state index contributed by atoms with van der Waals surface area (Å²) in [6.07, 6.45) is 0.925. The van der Waals surface area contributed by atoms with Gasteiger partial charge in [0.25, 0.3) is 0 Å². The zero-order valence-electron chi connectivity index (χ0n) is 12.1. The molecule has 116 valence electrons. The Hall–Kier alpha value is -1.85. The average molecular weight is 339 g/mol. The van der Waals surface area contributed by atoms with Crippen LogP contribution < -0.4 is 0 Å². The highest BCUT2D eigenvalue weighted by Gasteiger charge is 2.45. The van der Waals surface area contributed by atoms with Crippen LogP contribution in [0.1, 0.15) is 12.5 Å². The summed E-state index contributed by atoms with van der Waals surface area (Å²) in [7, 11) is -3.82. The fourth-order valence-corrected chi connectivity index (χ4v) is 3.13. The van der Waals surface area contributed by atoms with E-state index < -0.39 is 20.6 Å². The molecule has 0 bridgehead atoms. The Morgan fingerprint density at radius 3 is 1.77 bits per heavy atom. The summed E-state index contributed by atoms with van der Waals surface area (Å²) in [4.78, 5) is 11.5. The van der Waals surface area contributed by atoms with Crippen molar-refractivity contribution in [1.29, 1.82) is 0 Å². The molecule has 1 unspecified atom stereocenters. The minimum atomic E-state index is -3.82. The van der Waals surface area contributed by atoms with Crippen LogP contribution in [0.2, 0.25) is 5.02 Å². The molecule has 2 aromatic carbocycles. The van der Waals surface area contributed by atoms with E-state index in [1.54, 1.807) is 24.3 Å². The van der Waals surface area contributed by atoms with Gasteiger partial charge in [0.1, 0.15) is 0 Å². The summed E-state index contributed by atoms with van der Waals surface area (Å²) in [5, 5.41) is 9.97. The monoisotopic (exact) mass is 338 g/mol. The van der Waals surface area contributed by atoms with Crippen molar-refractivity contribution in [3.63, 3.8) is 0 Å². The summed E-state index contributed by atoms with van der Waals surface area (Å²) < 4.78 is 21.8. The quantitative estimate of drug-likeness (QED) is 0.928. The Bertz CT molecular complexity index is 795. The SMILES string of the molecule is CC(C(=O)O)(c1ccc(-c2ccc(Cl)cc2)cc1)S(C)(=O)=O. The molecule has 1 N–H and O–H groups in total. The molecular weight excluding hydrogens is 324 g/mol. The number of carboxylic acids is 1. The maximum atomic E-state index is 11.9. The second-order valence-electron chi connectivity index (χ2n) is 5.19. The van der Waals surface area contributed by atoms with E-state index in [9.17, 15) is 18.3 Å². The largest absolute Gasteiger partial charge is 0.480 e. The van der Waals surface area contributed by atoms with Gasteiger partial charge in [0.2, 0.25) is 0 Å². The molecular formula is C16H15ClO4S. The lowest BCUT2D eigenvalue weighted by Gasteiger charge is -2.23. The Morgan fingerprint density at radius 2 is 1.41 bits per heavy atom. The van der Waals surface area contributed by atoms with Crippen molar-refractivity contribution >= 4 is 27.4 Å². The van der Waals surface area contributed by atoms with Crippen LogP contribution in [0.3, 0.4) is 0 Å². The van der Waals surface area contributed by atoms with Gasteiger partial charge in [0, 0.05) is 11.3 Å². The van der Waals surface area contributed by atoms with Crippen LogP contribution in [-0.2, 0) is 19.4 Å². The fourth-order valence-electron chi connectivity index (χ4n) is 2.12. The van der Waals surface area contributed by atoms with Crippen molar-refractivity contribution in [2.24, 2.45) is 0 Å². The lowest BCUT2D eigenvalue weighted by atomic mass is 9.97. The fraction of sp³-hybridized carbons (Fsp3) is 0.188. The maximum Gasteiger partial charge on any atom is 0.329 e. The first-order valence-electron chi connectivity index (χ1n) is 6.46. The summed E-state index contributed by atoms with van der Waals surface area (Å²) >= 11 is 5.84. The number of carbonyl (C=O) groups is 1. The van der Waals surface area contributed by atoms with Gasteiger partial charge in [-0.2, -0.15) is 0 Å². The lowest BCUT2D eigenvalue weighted by Crippen LogP contribution is -2.40. The van der Waals surface area contributed by atoms with E-state index in [4.69, 9.17) is 11.6 Å². The topological polar surface area (TPSA) is 71.4 Å². The smallest absolute Gasteiger partial charge is 0.329 e. The molecule has 6 heteroatoms. The number of sulfone groups is 1. The van der Waals surface area contributed by atoms with Crippen molar-refractivity contribution in [1.82, 2.24) is 0 Å². The first-order chi connectivity index (χ1) is 10.2. The van der Waals surface area contributed by atoms with Crippen LogP contribution in [-0.4, -0.2) is 25.7 Å². The molecule has 0 aromatic heterocycles. The van der Waals surface area contributed by atoms with Gasteiger partial charge in [0.05, 0.1) is 0 Å². The third-order valence-corrected chi connectivity index (χ3v) is 5.91. The highest BCUT2D eigenvalue weighted by molar-refractivity contribution is 7.92. The second kappa shape index (κ2) is 5.74. The molecule has 2 rings (SSSR count). The highest BCUT2D eigenvalue weighted by Crippen LogP contribution is 2.32. The lowest BCUT2D eigenvalue weighted by molar-refractivity contribution is -0.139. The molecule has 0 aliphatic heterocycles. The van der Waals surface area contributed by atoms with E-state index in [0.29, 0.717) is 5.02 Å². The molecule has 4 nitrogen and oxygen atoms in total. The van der Waals surface area contributed by atoms with Gasteiger partial charge in [-0.25, -0.2) is 8.42 Å². The molecule has 0 amide bonds. The summed E-state index contributed by atoms with van der Waals surface area (Å²) in [6, 6.07) is 13.6. The maximum absolute atomic E-state index is 11.9. The number of hydrogen-bond acceptors (Lipinski definition) is 3. The summed E-state index contributed by atoms with van der Waals surface area (Å²) in [6.45, 7) is 1.20. The van der Waals surface area contributed by atoms with E-state index in [0.717, 1.165) is 17.4 Å². The van der Waals surface area contributed by atoms with Crippen LogP contribution in [0, 0.1) is 0 Å². The van der Waals surface area contributed by atoms with E-state index in [1.165, 1.54) is 19.1 Å². The Morgan fingerprint density at radius 1 is 1.00 bits per heavy atom. The predicted octanol–water partition coefficient (Wildman–Crippen LogP) is 3.35. The van der Waals surface area contributed by atoms with Crippen molar-refractivity contribution in [2.45, 2.75) is 11.7 Å². The molecule has 0 radical (unpaired) electrons. The van der Waals surface area contributed by atoms with Gasteiger partial charge in [-0.15, -0.1) is 0 Å². The molecule has 22 heavy (non-hydrogen) atoms. The summed E-state index contributed by atoms with van der Waals surface area (Å²) in [5.41, 5.74) is 1.98. The van der Waals surface area contributed by atoms with Gasteiger partial charge in [0.15, 0.2) is 14.6 Å². The van der Waals surface area contributed by atoms with Crippen LogP contribution in [0.5, 0.6) is 0 Å². The molecule has 0 saturated carbocycles. The number of carboxylic acid groups (broad SMARTS) is 1. The van der Waals surface area contributed by atoms with E-state index >= 15 is 0 Å². The number of rotatable bonds is 4.